The van der Waals surface area contributed by atoms with E-state index in [-0.39, 0.29) is 0 Å². The van der Waals surface area contributed by atoms with E-state index in [0.29, 0.717) is 6.04 Å². The van der Waals surface area contributed by atoms with Gasteiger partial charge in [-0.1, -0.05) is 36.2 Å². The lowest BCUT2D eigenvalue weighted by molar-refractivity contribution is 0.484. The second kappa shape index (κ2) is 3.89. The molecular formula is C15H21N. The van der Waals surface area contributed by atoms with Gasteiger partial charge in [-0.15, -0.1) is 0 Å². The Morgan fingerprint density at radius 3 is 2.44 bits per heavy atom. The van der Waals surface area contributed by atoms with Crippen molar-refractivity contribution >= 4 is 0 Å². The maximum atomic E-state index is 6.34. The van der Waals surface area contributed by atoms with E-state index in [2.05, 4.69) is 31.2 Å². The monoisotopic (exact) mass is 215 g/mol. The Hall–Kier alpha value is -0.820. The zero-order chi connectivity index (χ0) is 11.1. The largest absolute Gasteiger partial charge is 0.327 e. The SMILES string of the molecule is Cc1ccc(CC(N)C2C3CCCC32)cc1. The molecule has 1 aromatic rings. The summed E-state index contributed by atoms with van der Waals surface area (Å²) in [6.45, 7) is 2.13. The molecule has 0 saturated heterocycles. The average molecular weight is 215 g/mol. The number of hydrogen-bond donors (Lipinski definition) is 1. The van der Waals surface area contributed by atoms with Crippen LogP contribution in [0, 0.1) is 24.7 Å². The molecule has 3 rings (SSSR count). The van der Waals surface area contributed by atoms with E-state index in [1.807, 2.05) is 0 Å². The van der Waals surface area contributed by atoms with Gasteiger partial charge in [0, 0.05) is 6.04 Å². The van der Waals surface area contributed by atoms with Gasteiger partial charge in [0.25, 0.3) is 0 Å². The molecule has 1 nitrogen and oxygen atoms in total. The molecule has 0 aromatic heterocycles. The van der Waals surface area contributed by atoms with Crippen molar-refractivity contribution in [3.05, 3.63) is 35.4 Å². The van der Waals surface area contributed by atoms with Crippen LogP contribution in [0.4, 0.5) is 0 Å². The molecule has 0 spiro atoms. The fourth-order valence-corrected chi connectivity index (χ4v) is 3.64. The summed E-state index contributed by atoms with van der Waals surface area (Å²) >= 11 is 0. The molecule has 0 amide bonds. The van der Waals surface area contributed by atoms with Crippen molar-refractivity contribution in [3.8, 4) is 0 Å². The molecule has 2 aliphatic carbocycles. The molecule has 16 heavy (non-hydrogen) atoms. The predicted octanol–water partition coefficient (Wildman–Crippen LogP) is 2.91. The van der Waals surface area contributed by atoms with Gasteiger partial charge in [0.2, 0.25) is 0 Å². The smallest absolute Gasteiger partial charge is 0.0113 e. The second-order valence-electron chi connectivity index (χ2n) is 5.69. The first-order valence-corrected chi connectivity index (χ1v) is 6.57. The van der Waals surface area contributed by atoms with Crippen LogP contribution in [0.25, 0.3) is 0 Å². The summed E-state index contributed by atoms with van der Waals surface area (Å²) in [7, 11) is 0. The number of aryl methyl sites for hydroxylation is 1. The zero-order valence-corrected chi connectivity index (χ0v) is 10.0. The molecule has 2 aliphatic rings. The molecule has 3 atom stereocenters. The highest BCUT2D eigenvalue weighted by Crippen LogP contribution is 2.58. The molecule has 3 unspecified atom stereocenters. The van der Waals surface area contributed by atoms with Gasteiger partial charge in [-0.3, -0.25) is 0 Å². The van der Waals surface area contributed by atoms with Crippen molar-refractivity contribution in [2.75, 3.05) is 0 Å². The summed E-state index contributed by atoms with van der Waals surface area (Å²) in [5.74, 6) is 2.82. The normalized spacial score (nSPS) is 33.5. The van der Waals surface area contributed by atoms with Gasteiger partial charge in [0.15, 0.2) is 0 Å². The number of hydrogen-bond acceptors (Lipinski definition) is 1. The van der Waals surface area contributed by atoms with Gasteiger partial charge < -0.3 is 5.73 Å². The van der Waals surface area contributed by atoms with Gasteiger partial charge in [-0.25, -0.2) is 0 Å². The first kappa shape index (κ1) is 10.3. The molecule has 1 heteroatoms. The first-order valence-electron chi connectivity index (χ1n) is 6.57. The minimum atomic E-state index is 0.401. The van der Waals surface area contributed by atoms with Crippen molar-refractivity contribution in [3.63, 3.8) is 0 Å². The molecule has 0 aliphatic heterocycles. The lowest BCUT2D eigenvalue weighted by atomic mass is 9.97. The highest BCUT2D eigenvalue weighted by molar-refractivity contribution is 5.23. The molecule has 2 fully saturated rings. The fourth-order valence-electron chi connectivity index (χ4n) is 3.64. The minimum Gasteiger partial charge on any atom is -0.327 e. The molecule has 0 bridgehead atoms. The van der Waals surface area contributed by atoms with Gasteiger partial charge in [0.1, 0.15) is 0 Å². The van der Waals surface area contributed by atoms with Gasteiger partial charge in [0.05, 0.1) is 0 Å². The Bertz CT molecular complexity index is 358. The quantitative estimate of drug-likeness (QED) is 0.824. The summed E-state index contributed by atoms with van der Waals surface area (Å²) in [4.78, 5) is 0. The van der Waals surface area contributed by atoms with Crippen molar-refractivity contribution in [2.45, 2.75) is 38.6 Å². The van der Waals surface area contributed by atoms with Crippen molar-refractivity contribution in [2.24, 2.45) is 23.5 Å². The van der Waals surface area contributed by atoms with Crippen LogP contribution in [-0.2, 0) is 6.42 Å². The van der Waals surface area contributed by atoms with Crippen molar-refractivity contribution < 1.29 is 0 Å². The molecule has 0 radical (unpaired) electrons. The molecular weight excluding hydrogens is 194 g/mol. The molecule has 2 saturated carbocycles. The van der Waals surface area contributed by atoms with Crippen LogP contribution in [0.5, 0.6) is 0 Å². The van der Waals surface area contributed by atoms with Crippen LogP contribution in [0.15, 0.2) is 24.3 Å². The Labute approximate surface area is 98.0 Å². The van der Waals surface area contributed by atoms with E-state index < -0.39 is 0 Å². The third-order valence-electron chi connectivity index (χ3n) is 4.56. The second-order valence-corrected chi connectivity index (χ2v) is 5.69. The zero-order valence-electron chi connectivity index (χ0n) is 10.0. The van der Waals surface area contributed by atoms with Gasteiger partial charge in [-0.05, 0) is 49.5 Å². The topological polar surface area (TPSA) is 26.0 Å². The number of rotatable bonds is 3. The number of benzene rings is 1. The highest BCUT2D eigenvalue weighted by atomic mass is 14.7. The Morgan fingerprint density at radius 2 is 1.81 bits per heavy atom. The number of nitrogens with two attached hydrogens (primary N) is 1. The van der Waals surface area contributed by atoms with Crippen LogP contribution in [0.1, 0.15) is 30.4 Å². The molecule has 0 heterocycles. The van der Waals surface area contributed by atoms with Crippen LogP contribution < -0.4 is 5.73 Å². The summed E-state index contributed by atoms with van der Waals surface area (Å²) < 4.78 is 0. The van der Waals surface area contributed by atoms with E-state index in [0.717, 1.165) is 24.2 Å². The van der Waals surface area contributed by atoms with Crippen LogP contribution in [0.3, 0.4) is 0 Å². The Kier molecular flexibility index (Phi) is 2.51. The first-order chi connectivity index (χ1) is 7.75. The van der Waals surface area contributed by atoms with E-state index in [4.69, 9.17) is 5.73 Å². The maximum Gasteiger partial charge on any atom is 0.0113 e. The third kappa shape index (κ3) is 1.78. The Balaban J connectivity index is 1.60. The summed E-state index contributed by atoms with van der Waals surface area (Å²) in [6.07, 6.45) is 5.40. The average Bonchev–Trinajstić information content (AvgIpc) is 2.76. The lowest BCUT2D eigenvalue weighted by Gasteiger charge is -2.13. The molecule has 86 valence electrons. The minimum absolute atomic E-state index is 0.401. The van der Waals surface area contributed by atoms with E-state index in [1.54, 1.807) is 0 Å². The fraction of sp³-hybridized carbons (Fsp3) is 0.600. The maximum absolute atomic E-state index is 6.34. The van der Waals surface area contributed by atoms with E-state index >= 15 is 0 Å². The highest BCUT2D eigenvalue weighted by Gasteiger charge is 2.54. The number of fused-ring (bicyclic) bond motifs is 1. The lowest BCUT2D eigenvalue weighted by Crippen LogP contribution is -2.27. The summed E-state index contributed by atoms with van der Waals surface area (Å²) in [6, 6.07) is 9.24. The van der Waals surface area contributed by atoms with Crippen molar-refractivity contribution in [1.82, 2.24) is 0 Å². The molecule has 1 aromatic carbocycles. The van der Waals surface area contributed by atoms with Gasteiger partial charge in [-0.2, -0.15) is 0 Å². The van der Waals surface area contributed by atoms with Crippen LogP contribution in [0.2, 0.25) is 0 Å². The molecule has 2 N–H and O–H groups in total. The van der Waals surface area contributed by atoms with E-state index in [9.17, 15) is 0 Å². The van der Waals surface area contributed by atoms with Gasteiger partial charge >= 0.3 is 0 Å². The summed E-state index contributed by atoms with van der Waals surface area (Å²) in [5.41, 5.74) is 9.08. The van der Waals surface area contributed by atoms with Crippen LogP contribution in [-0.4, -0.2) is 6.04 Å². The van der Waals surface area contributed by atoms with Crippen LogP contribution >= 0.6 is 0 Å². The predicted molar refractivity (Wildman–Crippen MR) is 67.2 cm³/mol. The van der Waals surface area contributed by atoms with E-state index in [1.165, 1.54) is 30.4 Å². The standard InChI is InChI=1S/C15H21N/c1-10-5-7-11(8-6-10)9-14(16)15-12-3-2-4-13(12)15/h5-8,12-15H,2-4,9,16H2,1H3. The Morgan fingerprint density at radius 1 is 1.19 bits per heavy atom. The third-order valence-corrected chi connectivity index (χ3v) is 4.56. The van der Waals surface area contributed by atoms with Crippen molar-refractivity contribution in [1.29, 1.82) is 0 Å². The summed E-state index contributed by atoms with van der Waals surface area (Å²) in [5, 5.41) is 0.